The maximum absolute atomic E-state index is 11.9. The zero-order valence-corrected chi connectivity index (χ0v) is 8.42. The average Bonchev–Trinajstić information content (AvgIpc) is 2.19. The molecular formula is C9H10ClF2NO2. The number of benzene rings is 1. The molecular weight excluding hydrogens is 228 g/mol. The first-order valence-electron chi connectivity index (χ1n) is 4.17. The van der Waals surface area contributed by atoms with E-state index in [1.807, 2.05) is 0 Å². The zero-order valence-electron chi connectivity index (χ0n) is 7.66. The third-order valence-corrected chi connectivity index (χ3v) is 2.08. The van der Waals surface area contributed by atoms with Crippen molar-refractivity contribution in [1.82, 2.24) is 0 Å². The van der Waals surface area contributed by atoms with Crippen molar-refractivity contribution in [3.8, 4) is 5.75 Å². The highest BCUT2D eigenvalue weighted by molar-refractivity contribution is 6.32. The molecule has 3 N–H and O–H groups in total. The number of hydrogen-bond donors (Lipinski definition) is 2. The summed E-state index contributed by atoms with van der Waals surface area (Å²) in [6.45, 7) is -2.89. The van der Waals surface area contributed by atoms with Gasteiger partial charge in [-0.2, -0.15) is 8.78 Å². The first kappa shape index (κ1) is 12.2. The van der Waals surface area contributed by atoms with Gasteiger partial charge in [0.05, 0.1) is 11.1 Å². The fourth-order valence-electron chi connectivity index (χ4n) is 1.05. The zero-order chi connectivity index (χ0) is 11.4. The fraction of sp³-hybridized carbons (Fsp3) is 0.333. The Kier molecular flexibility index (Phi) is 4.26. The molecule has 84 valence electrons. The van der Waals surface area contributed by atoms with Crippen LogP contribution in [-0.2, 0) is 0 Å². The topological polar surface area (TPSA) is 55.5 Å². The minimum Gasteiger partial charge on any atom is -0.433 e. The molecule has 0 aliphatic heterocycles. The van der Waals surface area contributed by atoms with Crippen LogP contribution in [0.1, 0.15) is 11.7 Å². The van der Waals surface area contributed by atoms with Crippen LogP contribution < -0.4 is 10.5 Å². The van der Waals surface area contributed by atoms with Crippen LogP contribution in [0.2, 0.25) is 5.02 Å². The van der Waals surface area contributed by atoms with E-state index in [9.17, 15) is 13.9 Å². The van der Waals surface area contributed by atoms with Crippen LogP contribution >= 0.6 is 11.6 Å². The minimum absolute atomic E-state index is 0.0142. The van der Waals surface area contributed by atoms with Crippen molar-refractivity contribution in [1.29, 1.82) is 0 Å². The maximum Gasteiger partial charge on any atom is 0.387 e. The van der Waals surface area contributed by atoms with Crippen molar-refractivity contribution in [3.63, 3.8) is 0 Å². The van der Waals surface area contributed by atoms with Gasteiger partial charge in [-0.25, -0.2) is 0 Å². The number of nitrogens with two attached hydrogens (primary N) is 1. The third kappa shape index (κ3) is 3.30. The van der Waals surface area contributed by atoms with Crippen molar-refractivity contribution in [3.05, 3.63) is 28.8 Å². The van der Waals surface area contributed by atoms with Crippen molar-refractivity contribution < 1.29 is 18.6 Å². The molecule has 1 atom stereocenters. The SMILES string of the molecule is NC[C@@H](O)c1ccc(OC(F)F)c(Cl)c1. The third-order valence-electron chi connectivity index (χ3n) is 1.78. The molecule has 6 heteroatoms. The van der Waals surface area contributed by atoms with Crippen LogP contribution in [0.5, 0.6) is 5.75 Å². The number of ether oxygens (including phenoxy) is 1. The van der Waals surface area contributed by atoms with E-state index in [1.165, 1.54) is 18.2 Å². The Labute approximate surface area is 90.4 Å². The second-order valence-corrected chi connectivity index (χ2v) is 3.23. The molecule has 1 rings (SSSR count). The Morgan fingerprint density at radius 3 is 2.60 bits per heavy atom. The van der Waals surface area contributed by atoms with Crippen LogP contribution in [0.3, 0.4) is 0 Å². The highest BCUT2D eigenvalue weighted by Gasteiger charge is 2.11. The van der Waals surface area contributed by atoms with Gasteiger partial charge >= 0.3 is 6.61 Å². The Hall–Kier alpha value is -0.910. The summed E-state index contributed by atoms with van der Waals surface area (Å²) in [5, 5.41) is 9.37. The first-order chi connectivity index (χ1) is 7.04. The molecule has 3 nitrogen and oxygen atoms in total. The van der Waals surface area contributed by atoms with Crippen molar-refractivity contribution in [2.24, 2.45) is 5.73 Å². The molecule has 0 fully saturated rings. The van der Waals surface area contributed by atoms with Gasteiger partial charge in [-0.05, 0) is 17.7 Å². The lowest BCUT2D eigenvalue weighted by atomic mass is 10.1. The summed E-state index contributed by atoms with van der Waals surface area (Å²) < 4.78 is 27.9. The van der Waals surface area contributed by atoms with Crippen molar-refractivity contribution in [2.75, 3.05) is 6.54 Å². The highest BCUT2D eigenvalue weighted by Crippen LogP contribution is 2.28. The first-order valence-corrected chi connectivity index (χ1v) is 4.54. The molecule has 0 amide bonds. The summed E-state index contributed by atoms with van der Waals surface area (Å²) in [6.07, 6.45) is -0.858. The fourth-order valence-corrected chi connectivity index (χ4v) is 1.29. The minimum atomic E-state index is -2.92. The monoisotopic (exact) mass is 237 g/mol. The lowest BCUT2D eigenvalue weighted by Crippen LogP contribution is -2.11. The van der Waals surface area contributed by atoms with E-state index in [4.69, 9.17) is 17.3 Å². The second kappa shape index (κ2) is 5.25. The van der Waals surface area contributed by atoms with E-state index in [0.717, 1.165) is 0 Å². The number of aliphatic hydroxyl groups excluding tert-OH is 1. The number of alkyl halides is 2. The van der Waals surface area contributed by atoms with E-state index < -0.39 is 12.7 Å². The quantitative estimate of drug-likeness (QED) is 0.841. The lowest BCUT2D eigenvalue weighted by molar-refractivity contribution is -0.0498. The number of hydrogen-bond acceptors (Lipinski definition) is 3. The molecule has 0 bridgehead atoms. The van der Waals surface area contributed by atoms with Gasteiger partial charge in [0.1, 0.15) is 5.75 Å². The Morgan fingerprint density at radius 1 is 1.47 bits per heavy atom. The molecule has 0 radical (unpaired) electrons. The highest BCUT2D eigenvalue weighted by atomic mass is 35.5. The Morgan fingerprint density at radius 2 is 2.13 bits per heavy atom. The molecule has 0 aliphatic rings. The summed E-state index contributed by atoms with van der Waals surface area (Å²) in [7, 11) is 0. The van der Waals surface area contributed by atoms with Gasteiger partial charge in [-0.15, -0.1) is 0 Å². The van der Waals surface area contributed by atoms with Gasteiger partial charge in [-0.1, -0.05) is 17.7 Å². The summed E-state index contributed by atoms with van der Waals surface area (Å²) in [5.74, 6) is -0.125. The van der Waals surface area contributed by atoms with Crippen LogP contribution in [0, 0.1) is 0 Å². The summed E-state index contributed by atoms with van der Waals surface area (Å²) in [6, 6.07) is 4.04. The van der Waals surface area contributed by atoms with Gasteiger partial charge in [-0.3, -0.25) is 0 Å². The molecule has 0 spiro atoms. The molecule has 0 aromatic heterocycles. The van der Waals surface area contributed by atoms with Gasteiger partial charge in [0.15, 0.2) is 0 Å². The molecule has 0 unspecified atom stereocenters. The summed E-state index contributed by atoms with van der Waals surface area (Å²) >= 11 is 5.66. The van der Waals surface area contributed by atoms with E-state index >= 15 is 0 Å². The van der Waals surface area contributed by atoms with Gasteiger partial charge in [0.25, 0.3) is 0 Å². The number of rotatable bonds is 4. The molecule has 0 heterocycles. The van der Waals surface area contributed by atoms with E-state index in [1.54, 1.807) is 0 Å². The smallest absolute Gasteiger partial charge is 0.387 e. The van der Waals surface area contributed by atoms with Crippen LogP contribution in [0.25, 0.3) is 0 Å². The maximum atomic E-state index is 11.9. The van der Waals surface area contributed by atoms with Crippen molar-refractivity contribution >= 4 is 11.6 Å². The van der Waals surface area contributed by atoms with E-state index in [-0.39, 0.29) is 17.3 Å². The molecule has 0 aliphatic carbocycles. The number of aliphatic hydroxyl groups is 1. The van der Waals surface area contributed by atoms with E-state index in [2.05, 4.69) is 4.74 Å². The molecule has 1 aromatic rings. The number of halogens is 3. The molecule has 0 saturated carbocycles. The average molecular weight is 238 g/mol. The summed E-state index contributed by atoms with van der Waals surface area (Å²) in [4.78, 5) is 0. The predicted octanol–water partition coefficient (Wildman–Crippen LogP) is 1.93. The van der Waals surface area contributed by atoms with Gasteiger partial charge < -0.3 is 15.6 Å². The van der Waals surface area contributed by atoms with Crippen LogP contribution in [-0.4, -0.2) is 18.3 Å². The lowest BCUT2D eigenvalue weighted by Gasteiger charge is -2.11. The molecule has 15 heavy (non-hydrogen) atoms. The normalized spacial score (nSPS) is 12.9. The van der Waals surface area contributed by atoms with Gasteiger partial charge in [0.2, 0.25) is 0 Å². The van der Waals surface area contributed by atoms with Crippen LogP contribution in [0.15, 0.2) is 18.2 Å². The molecule has 0 saturated heterocycles. The van der Waals surface area contributed by atoms with Gasteiger partial charge in [0, 0.05) is 6.54 Å². The predicted molar refractivity (Wildman–Crippen MR) is 52.1 cm³/mol. The second-order valence-electron chi connectivity index (χ2n) is 2.82. The summed E-state index contributed by atoms with van der Waals surface area (Å²) in [5.41, 5.74) is 5.69. The Bertz CT molecular complexity index is 336. The van der Waals surface area contributed by atoms with Crippen LogP contribution in [0.4, 0.5) is 8.78 Å². The largest absolute Gasteiger partial charge is 0.433 e. The van der Waals surface area contributed by atoms with E-state index in [0.29, 0.717) is 5.56 Å². The van der Waals surface area contributed by atoms with Crippen molar-refractivity contribution in [2.45, 2.75) is 12.7 Å². The standard InChI is InChI=1S/C9H10ClF2NO2/c10-6-3-5(7(14)4-13)1-2-8(6)15-9(11)12/h1-3,7,9,14H,4,13H2/t7-/m1/s1. The molecule has 1 aromatic carbocycles. The Balaban J connectivity index is 2.88.